The Labute approximate surface area is 210 Å². The first kappa shape index (κ1) is 28.7. The van der Waals surface area contributed by atoms with Gasteiger partial charge >= 0.3 is 0 Å². The molecule has 2 amide bonds. The van der Waals surface area contributed by atoms with Gasteiger partial charge in [-0.05, 0) is 31.9 Å². The normalized spacial score (nSPS) is 12.0. The van der Waals surface area contributed by atoms with Crippen molar-refractivity contribution in [3.8, 4) is 0 Å². The average Bonchev–Trinajstić information content (AvgIpc) is 2.81. The summed E-state index contributed by atoms with van der Waals surface area (Å²) in [6.07, 6.45) is 2.45. The lowest BCUT2D eigenvalue weighted by Gasteiger charge is -2.32. The van der Waals surface area contributed by atoms with Gasteiger partial charge in [-0.2, -0.15) is 0 Å². The van der Waals surface area contributed by atoms with E-state index in [-0.39, 0.29) is 23.5 Å². The number of anilines is 1. The second-order valence-corrected chi connectivity index (χ2v) is 10.3. The number of aryl methyl sites for hydroxylation is 1. The number of carbonyl (C=O) groups excluding carboxylic acids is 2. The number of halogens is 1. The maximum absolute atomic E-state index is 14.4. The molecule has 0 radical (unpaired) electrons. The highest BCUT2D eigenvalue weighted by molar-refractivity contribution is 7.92. The average molecular weight is 523 g/mol. The van der Waals surface area contributed by atoms with Gasteiger partial charge in [-0.25, -0.2) is 12.8 Å². The molecule has 196 valence electrons. The molecule has 0 aliphatic rings. The fourth-order valence-corrected chi connectivity index (χ4v) is 4.40. The van der Waals surface area contributed by atoms with Gasteiger partial charge in [0.2, 0.25) is 21.8 Å². The standard InChI is InChI=1S/C24H31FN4O6S/c1-5-6-13-26-24(31)18(3)27(15-19-9-7-8-10-21(19)25)23(30)16-28(36(4,34)35)22-14-20(29(32)33)12-11-17(22)2/h7-12,14,18H,5-6,13,15-16H2,1-4H3,(H,26,31). The molecular weight excluding hydrogens is 491 g/mol. The predicted octanol–water partition coefficient (Wildman–Crippen LogP) is 3.14. The number of amides is 2. The van der Waals surface area contributed by atoms with Crippen LogP contribution in [0.3, 0.4) is 0 Å². The van der Waals surface area contributed by atoms with Crippen molar-refractivity contribution in [2.75, 3.05) is 23.7 Å². The number of nitro benzene ring substituents is 1. The minimum absolute atomic E-state index is 0.0362. The Bertz CT molecular complexity index is 1220. The van der Waals surface area contributed by atoms with E-state index < -0.39 is 45.2 Å². The first-order chi connectivity index (χ1) is 16.9. The summed E-state index contributed by atoms with van der Waals surface area (Å²) in [6.45, 7) is 4.37. The fraction of sp³-hybridized carbons (Fsp3) is 0.417. The number of rotatable bonds is 12. The van der Waals surface area contributed by atoms with Crippen LogP contribution >= 0.6 is 0 Å². The van der Waals surface area contributed by atoms with Crippen molar-refractivity contribution < 1.29 is 27.3 Å². The quantitative estimate of drug-likeness (QED) is 0.259. The van der Waals surface area contributed by atoms with Gasteiger partial charge < -0.3 is 10.2 Å². The first-order valence-electron chi connectivity index (χ1n) is 11.4. The van der Waals surface area contributed by atoms with Crippen LogP contribution in [0.5, 0.6) is 0 Å². The van der Waals surface area contributed by atoms with Crippen LogP contribution in [0.25, 0.3) is 0 Å². The van der Waals surface area contributed by atoms with Crippen molar-refractivity contribution in [2.24, 2.45) is 0 Å². The van der Waals surface area contributed by atoms with Gasteiger partial charge in [0, 0.05) is 30.8 Å². The van der Waals surface area contributed by atoms with E-state index in [4.69, 9.17) is 0 Å². The molecule has 0 fully saturated rings. The molecule has 2 aromatic rings. The molecule has 0 aliphatic carbocycles. The molecule has 1 unspecified atom stereocenters. The van der Waals surface area contributed by atoms with Crippen molar-refractivity contribution in [1.29, 1.82) is 0 Å². The van der Waals surface area contributed by atoms with E-state index in [1.165, 1.54) is 37.3 Å². The SMILES string of the molecule is CCCCNC(=O)C(C)N(Cc1ccccc1F)C(=O)CN(c1cc([N+](=O)[O-])ccc1C)S(C)(=O)=O. The zero-order valence-electron chi connectivity index (χ0n) is 20.7. The minimum atomic E-state index is -4.07. The Hall–Kier alpha value is -3.54. The number of nitrogens with zero attached hydrogens (tertiary/aromatic N) is 3. The summed E-state index contributed by atoms with van der Waals surface area (Å²) in [5, 5.41) is 14.0. The number of nitro groups is 1. The largest absolute Gasteiger partial charge is 0.354 e. The number of benzene rings is 2. The maximum Gasteiger partial charge on any atom is 0.271 e. The summed E-state index contributed by atoms with van der Waals surface area (Å²) < 4.78 is 40.5. The highest BCUT2D eigenvalue weighted by atomic mass is 32.2. The lowest BCUT2D eigenvalue weighted by atomic mass is 10.1. The highest BCUT2D eigenvalue weighted by Crippen LogP contribution is 2.28. The molecule has 36 heavy (non-hydrogen) atoms. The topological polar surface area (TPSA) is 130 Å². The molecule has 1 atom stereocenters. The second kappa shape index (κ2) is 12.4. The third kappa shape index (κ3) is 7.48. The summed E-state index contributed by atoms with van der Waals surface area (Å²) in [6, 6.07) is 8.42. The van der Waals surface area contributed by atoms with Gasteiger partial charge in [-0.15, -0.1) is 0 Å². The first-order valence-corrected chi connectivity index (χ1v) is 13.2. The van der Waals surface area contributed by atoms with Crippen LogP contribution < -0.4 is 9.62 Å². The van der Waals surface area contributed by atoms with E-state index in [0.29, 0.717) is 12.1 Å². The molecule has 0 bridgehead atoms. The van der Waals surface area contributed by atoms with Gasteiger partial charge in [-0.1, -0.05) is 37.6 Å². The fourth-order valence-electron chi connectivity index (χ4n) is 3.50. The number of non-ortho nitro benzene ring substituents is 1. The van der Waals surface area contributed by atoms with E-state index >= 15 is 0 Å². The molecule has 1 N–H and O–H groups in total. The van der Waals surface area contributed by atoms with Crippen molar-refractivity contribution in [1.82, 2.24) is 10.2 Å². The predicted molar refractivity (Wildman–Crippen MR) is 134 cm³/mol. The minimum Gasteiger partial charge on any atom is -0.354 e. The number of hydrogen-bond acceptors (Lipinski definition) is 6. The van der Waals surface area contributed by atoms with Gasteiger partial charge in [0.05, 0.1) is 16.9 Å². The molecule has 2 aromatic carbocycles. The molecule has 10 nitrogen and oxygen atoms in total. The van der Waals surface area contributed by atoms with Crippen LogP contribution in [0.15, 0.2) is 42.5 Å². The Kier molecular flexibility index (Phi) is 9.91. The lowest BCUT2D eigenvalue weighted by molar-refractivity contribution is -0.384. The summed E-state index contributed by atoms with van der Waals surface area (Å²) in [4.78, 5) is 37.9. The molecule has 12 heteroatoms. The monoisotopic (exact) mass is 522 g/mol. The lowest BCUT2D eigenvalue weighted by Crippen LogP contribution is -2.51. The third-order valence-electron chi connectivity index (χ3n) is 5.65. The van der Waals surface area contributed by atoms with Crippen LogP contribution in [-0.4, -0.2) is 55.4 Å². The molecule has 0 spiro atoms. The number of hydrogen-bond donors (Lipinski definition) is 1. The molecule has 0 aromatic heterocycles. The molecule has 0 saturated carbocycles. The van der Waals surface area contributed by atoms with Gasteiger partial charge in [-0.3, -0.25) is 24.0 Å². The van der Waals surface area contributed by atoms with Crippen LogP contribution in [0.1, 0.15) is 37.8 Å². The third-order valence-corrected chi connectivity index (χ3v) is 6.77. The molecule has 0 aliphatic heterocycles. The summed E-state index contributed by atoms with van der Waals surface area (Å²) in [5.74, 6) is -1.82. The van der Waals surface area contributed by atoms with E-state index in [2.05, 4.69) is 5.32 Å². The Balaban J connectivity index is 2.46. The van der Waals surface area contributed by atoms with Crippen LogP contribution in [0.2, 0.25) is 0 Å². The van der Waals surface area contributed by atoms with Crippen LogP contribution in [-0.2, 0) is 26.2 Å². The Morgan fingerprint density at radius 3 is 2.44 bits per heavy atom. The summed E-state index contributed by atoms with van der Waals surface area (Å²) in [5.41, 5.74) is 0.163. The Morgan fingerprint density at radius 2 is 1.86 bits per heavy atom. The van der Waals surface area contributed by atoms with Crippen molar-refractivity contribution in [3.63, 3.8) is 0 Å². The summed E-state index contributed by atoms with van der Waals surface area (Å²) in [7, 11) is -4.07. The number of carbonyl (C=O) groups is 2. The molecule has 0 saturated heterocycles. The number of nitrogens with one attached hydrogen (secondary N) is 1. The van der Waals surface area contributed by atoms with Gasteiger partial charge in [0.1, 0.15) is 18.4 Å². The van der Waals surface area contributed by atoms with E-state index in [1.54, 1.807) is 13.0 Å². The van der Waals surface area contributed by atoms with E-state index in [9.17, 15) is 32.5 Å². The van der Waals surface area contributed by atoms with Crippen LogP contribution in [0, 0.1) is 22.9 Å². The molecular formula is C24H31FN4O6S. The summed E-state index contributed by atoms with van der Waals surface area (Å²) >= 11 is 0. The van der Waals surface area contributed by atoms with Crippen molar-refractivity contribution in [2.45, 2.75) is 46.2 Å². The number of sulfonamides is 1. The van der Waals surface area contributed by atoms with Crippen molar-refractivity contribution in [3.05, 3.63) is 69.5 Å². The van der Waals surface area contributed by atoms with Crippen molar-refractivity contribution >= 4 is 33.2 Å². The zero-order valence-corrected chi connectivity index (χ0v) is 21.5. The molecule has 0 heterocycles. The highest BCUT2D eigenvalue weighted by Gasteiger charge is 2.31. The van der Waals surface area contributed by atoms with Gasteiger partial charge in [0.25, 0.3) is 5.69 Å². The maximum atomic E-state index is 14.4. The second-order valence-electron chi connectivity index (χ2n) is 8.43. The van der Waals surface area contributed by atoms with E-state index in [1.807, 2.05) is 6.92 Å². The smallest absolute Gasteiger partial charge is 0.271 e. The van der Waals surface area contributed by atoms with Crippen LogP contribution in [0.4, 0.5) is 15.8 Å². The van der Waals surface area contributed by atoms with Gasteiger partial charge in [0.15, 0.2) is 0 Å². The number of unbranched alkanes of at least 4 members (excludes halogenated alkanes) is 1. The molecule has 2 rings (SSSR count). The Morgan fingerprint density at radius 1 is 1.19 bits per heavy atom. The van der Waals surface area contributed by atoms with E-state index in [0.717, 1.165) is 34.4 Å². The zero-order chi connectivity index (χ0) is 27.0.